The third kappa shape index (κ3) is 5.78. The van der Waals surface area contributed by atoms with Gasteiger partial charge in [0.05, 0.1) is 0 Å². The molecule has 0 atom stereocenters. The Morgan fingerprint density at radius 2 is 1.89 bits per heavy atom. The molecule has 0 fully saturated rings. The van der Waals surface area contributed by atoms with Gasteiger partial charge in [0.1, 0.15) is 0 Å². The first-order valence-electron chi connectivity index (χ1n) is 6.33. The molecule has 0 aliphatic carbocycles. The second-order valence-corrected chi connectivity index (χ2v) is 5.74. The molecule has 0 aliphatic heterocycles. The van der Waals surface area contributed by atoms with Gasteiger partial charge in [-0.3, -0.25) is 4.79 Å². The third-order valence-corrected chi connectivity index (χ3v) is 4.03. The van der Waals surface area contributed by atoms with Crippen LogP contribution in [-0.2, 0) is 4.79 Å². The maximum atomic E-state index is 11.7. The van der Waals surface area contributed by atoms with Crippen molar-refractivity contribution in [3.63, 3.8) is 0 Å². The topological polar surface area (TPSA) is 29.1 Å². The van der Waals surface area contributed by atoms with E-state index in [1.165, 1.54) is 0 Å². The van der Waals surface area contributed by atoms with Crippen LogP contribution in [-0.4, -0.2) is 17.7 Å². The van der Waals surface area contributed by atoms with E-state index >= 15 is 0 Å². The summed E-state index contributed by atoms with van der Waals surface area (Å²) in [5.74, 6) is 0.943. The number of amides is 1. The molecule has 1 aromatic rings. The molecule has 1 N–H and O–H groups in total. The minimum Gasteiger partial charge on any atom is -0.353 e. The smallest absolute Gasteiger partial charge is 0.221 e. The maximum absolute atomic E-state index is 11.7. The van der Waals surface area contributed by atoms with Crippen LogP contribution < -0.4 is 5.32 Å². The van der Waals surface area contributed by atoms with Gasteiger partial charge in [0, 0.05) is 28.1 Å². The predicted octanol–water partition coefficient (Wildman–Crippen LogP) is 4.13. The second-order valence-electron chi connectivity index (χ2n) is 4.13. The summed E-state index contributed by atoms with van der Waals surface area (Å²) < 4.78 is 0. The Labute approximate surface area is 118 Å². The van der Waals surface area contributed by atoms with Gasteiger partial charge < -0.3 is 5.32 Å². The van der Waals surface area contributed by atoms with E-state index in [2.05, 4.69) is 19.2 Å². The van der Waals surface area contributed by atoms with E-state index in [1.54, 1.807) is 11.8 Å². The van der Waals surface area contributed by atoms with E-state index in [1.807, 2.05) is 24.3 Å². The Morgan fingerprint density at radius 3 is 2.44 bits per heavy atom. The normalized spacial score (nSPS) is 10.7. The summed E-state index contributed by atoms with van der Waals surface area (Å²) in [6.45, 7) is 4.19. The molecule has 0 unspecified atom stereocenters. The van der Waals surface area contributed by atoms with Crippen LogP contribution in [0.15, 0.2) is 29.2 Å². The van der Waals surface area contributed by atoms with Crippen LogP contribution in [0.3, 0.4) is 0 Å². The van der Waals surface area contributed by atoms with E-state index in [4.69, 9.17) is 11.6 Å². The number of thioether (sulfide) groups is 1. The van der Waals surface area contributed by atoms with Crippen LogP contribution in [0.4, 0.5) is 0 Å². The highest BCUT2D eigenvalue weighted by atomic mass is 35.5. The van der Waals surface area contributed by atoms with Crippen LogP contribution in [0.1, 0.15) is 33.1 Å². The zero-order chi connectivity index (χ0) is 13.4. The van der Waals surface area contributed by atoms with Crippen LogP contribution >= 0.6 is 23.4 Å². The molecule has 0 aromatic heterocycles. The van der Waals surface area contributed by atoms with Crippen molar-refractivity contribution in [2.24, 2.45) is 0 Å². The number of nitrogens with one attached hydrogen (secondary N) is 1. The number of hydrogen-bond acceptors (Lipinski definition) is 2. The highest BCUT2D eigenvalue weighted by molar-refractivity contribution is 7.99. The molecule has 0 spiro atoms. The molecule has 4 heteroatoms. The van der Waals surface area contributed by atoms with Gasteiger partial charge in [-0.1, -0.05) is 25.4 Å². The first-order chi connectivity index (χ1) is 8.65. The van der Waals surface area contributed by atoms with Gasteiger partial charge in [-0.05, 0) is 37.1 Å². The first kappa shape index (κ1) is 15.4. The van der Waals surface area contributed by atoms with Gasteiger partial charge in [0.2, 0.25) is 5.91 Å². The summed E-state index contributed by atoms with van der Waals surface area (Å²) in [4.78, 5) is 12.8. The molecule has 100 valence electrons. The zero-order valence-corrected chi connectivity index (χ0v) is 12.5. The Morgan fingerprint density at radius 1 is 1.28 bits per heavy atom. The largest absolute Gasteiger partial charge is 0.353 e. The zero-order valence-electron chi connectivity index (χ0n) is 10.9. The molecular weight excluding hydrogens is 266 g/mol. The molecule has 0 saturated heterocycles. The molecule has 0 aliphatic rings. The van der Waals surface area contributed by atoms with Crippen molar-refractivity contribution >= 4 is 29.3 Å². The standard InChI is InChI=1S/C14H20ClNOS/c1-3-12(4-2)16-14(17)9-10-18-13-7-5-11(15)6-8-13/h5-8,12H,3-4,9-10H2,1-2H3,(H,16,17). The van der Waals surface area contributed by atoms with Crippen molar-refractivity contribution < 1.29 is 4.79 Å². The number of carbonyl (C=O) groups is 1. The highest BCUT2D eigenvalue weighted by Crippen LogP contribution is 2.20. The van der Waals surface area contributed by atoms with E-state index in [9.17, 15) is 4.79 Å². The quantitative estimate of drug-likeness (QED) is 0.763. The predicted molar refractivity (Wildman–Crippen MR) is 79.3 cm³/mol. The molecule has 0 saturated carbocycles. The monoisotopic (exact) mass is 285 g/mol. The van der Waals surface area contributed by atoms with Crippen molar-refractivity contribution in [3.8, 4) is 0 Å². The summed E-state index contributed by atoms with van der Waals surface area (Å²) in [7, 11) is 0. The average Bonchev–Trinajstić information content (AvgIpc) is 2.38. The molecular formula is C14H20ClNOS. The molecule has 0 radical (unpaired) electrons. The lowest BCUT2D eigenvalue weighted by Crippen LogP contribution is -2.33. The molecule has 1 amide bonds. The molecule has 1 rings (SSSR count). The Bertz CT molecular complexity index is 363. The van der Waals surface area contributed by atoms with Crippen molar-refractivity contribution in [2.75, 3.05) is 5.75 Å². The van der Waals surface area contributed by atoms with Crippen LogP contribution in [0.5, 0.6) is 0 Å². The van der Waals surface area contributed by atoms with Gasteiger partial charge in [0.25, 0.3) is 0 Å². The molecule has 1 aromatic carbocycles. The summed E-state index contributed by atoms with van der Waals surface area (Å²) >= 11 is 7.49. The van der Waals surface area contributed by atoms with Gasteiger partial charge >= 0.3 is 0 Å². The third-order valence-electron chi connectivity index (χ3n) is 2.76. The molecule has 2 nitrogen and oxygen atoms in total. The summed E-state index contributed by atoms with van der Waals surface area (Å²) in [5.41, 5.74) is 0. The minimum absolute atomic E-state index is 0.144. The molecule has 18 heavy (non-hydrogen) atoms. The fraction of sp³-hybridized carbons (Fsp3) is 0.500. The average molecular weight is 286 g/mol. The van der Waals surface area contributed by atoms with Crippen LogP contribution in [0.2, 0.25) is 5.02 Å². The van der Waals surface area contributed by atoms with Crippen molar-refractivity contribution in [1.82, 2.24) is 5.32 Å². The van der Waals surface area contributed by atoms with Crippen molar-refractivity contribution in [3.05, 3.63) is 29.3 Å². The molecule has 0 bridgehead atoms. The van der Waals surface area contributed by atoms with Crippen molar-refractivity contribution in [2.45, 2.75) is 44.0 Å². The van der Waals surface area contributed by atoms with Gasteiger partial charge in [-0.2, -0.15) is 0 Å². The lowest BCUT2D eigenvalue weighted by atomic mass is 10.2. The lowest BCUT2D eigenvalue weighted by molar-refractivity contribution is -0.121. The lowest BCUT2D eigenvalue weighted by Gasteiger charge is -2.14. The number of benzene rings is 1. The first-order valence-corrected chi connectivity index (χ1v) is 7.69. The number of rotatable bonds is 7. The van der Waals surface area contributed by atoms with E-state index in [0.29, 0.717) is 12.5 Å². The van der Waals surface area contributed by atoms with Gasteiger partial charge in [-0.15, -0.1) is 11.8 Å². The number of carbonyl (C=O) groups excluding carboxylic acids is 1. The molecule has 0 heterocycles. The van der Waals surface area contributed by atoms with Crippen LogP contribution in [0.25, 0.3) is 0 Å². The van der Waals surface area contributed by atoms with E-state index in [-0.39, 0.29) is 5.91 Å². The SMILES string of the molecule is CCC(CC)NC(=O)CCSc1ccc(Cl)cc1. The fourth-order valence-corrected chi connectivity index (χ4v) is 2.56. The summed E-state index contributed by atoms with van der Waals surface area (Å²) in [6.07, 6.45) is 2.54. The van der Waals surface area contributed by atoms with Crippen LogP contribution in [0, 0.1) is 0 Å². The number of hydrogen-bond donors (Lipinski definition) is 1. The van der Waals surface area contributed by atoms with E-state index < -0.39 is 0 Å². The maximum Gasteiger partial charge on any atom is 0.221 e. The van der Waals surface area contributed by atoms with E-state index in [0.717, 1.165) is 28.5 Å². The minimum atomic E-state index is 0.144. The van der Waals surface area contributed by atoms with Gasteiger partial charge in [-0.25, -0.2) is 0 Å². The second kappa shape index (κ2) is 8.44. The Hall–Kier alpha value is -0.670. The summed E-state index contributed by atoms with van der Waals surface area (Å²) in [6, 6.07) is 8.01. The Kier molecular flexibility index (Phi) is 7.21. The number of halogens is 1. The van der Waals surface area contributed by atoms with Gasteiger partial charge in [0.15, 0.2) is 0 Å². The Balaban J connectivity index is 2.25. The fourth-order valence-electron chi connectivity index (χ4n) is 1.59. The summed E-state index contributed by atoms with van der Waals surface area (Å²) in [5, 5.41) is 3.78. The van der Waals surface area contributed by atoms with Crippen molar-refractivity contribution in [1.29, 1.82) is 0 Å². The highest BCUT2D eigenvalue weighted by Gasteiger charge is 2.07.